The van der Waals surface area contributed by atoms with Crippen molar-refractivity contribution in [1.29, 1.82) is 0 Å². The summed E-state index contributed by atoms with van der Waals surface area (Å²) in [5, 5.41) is 3.42. The van der Waals surface area contributed by atoms with Crippen LogP contribution in [0.15, 0.2) is 0 Å². The lowest BCUT2D eigenvalue weighted by Gasteiger charge is -2.31. The molecule has 0 aliphatic carbocycles. The van der Waals surface area contributed by atoms with E-state index in [1.165, 1.54) is 45.4 Å². The Hall–Kier alpha value is -0.120. The van der Waals surface area contributed by atoms with E-state index in [9.17, 15) is 0 Å². The van der Waals surface area contributed by atoms with Crippen molar-refractivity contribution in [3.63, 3.8) is 0 Å². The van der Waals surface area contributed by atoms with Crippen molar-refractivity contribution in [2.24, 2.45) is 5.92 Å². The van der Waals surface area contributed by atoms with Gasteiger partial charge in [0.25, 0.3) is 0 Å². The average molecular weight is 198 g/mol. The largest absolute Gasteiger partial charge is 0.384 e. The summed E-state index contributed by atoms with van der Waals surface area (Å²) in [4.78, 5) is 2.67. The van der Waals surface area contributed by atoms with Crippen LogP contribution in [0.5, 0.6) is 0 Å². The van der Waals surface area contributed by atoms with E-state index in [4.69, 9.17) is 4.74 Å². The Balaban J connectivity index is 1.76. The second-order valence-corrected chi connectivity index (χ2v) is 4.59. The number of nitrogens with one attached hydrogen (secondary N) is 1. The molecule has 3 heteroatoms. The minimum atomic E-state index is 0.787. The molecule has 0 radical (unpaired) electrons. The third kappa shape index (κ3) is 2.47. The fraction of sp³-hybridized carbons (Fsp3) is 1.00. The summed E-state index contributed by atoms with van der Waals surface area (Å²) in [7, 11) is 1.81. The van der Waals surface area contributed by atoms with E-state index in [1.54, 1.807) is 0 Å². The molecule has 2 aliphatic rings. The maximum atomic E-state index is 5.22. The molecular formula is C11H22N2O. The summed E-state index contributed by atoms with van der Waals surface area (Å²) < 4.78 is 5.22. The third-order valence-electron chi connectivity index (χ3n) is 3.54. The van der Waals surface area contributed by atoms with E-state index < -0.39 is 0 Å². The van der Waals surface area contributed by atoms with Crippen LogP contribution in [0.25, 0.3) is 0 Å². The number of nitrogens with zero attached hydrogens (tertiary/aromatic N) is 1. The molecule has 0 spiro atoms. The predicted octanol–water partition coefficient (Wildman–Crippen LogP) is 0.707. The Morgan fingerprint density at radius 1 is 1.29 bits per heavy atom. The van der Waals surface area contributed by atoms with Gasteiger partial charge in [-0.3, -0.25) is 4.90 Å². The lowest BCUT2D eigenvalue weighted by Crippen LogP contribution is -2.42. The quantitative estimate of drug-likeness (QED) is 0.723. The second-order valence-electron chi connectivity index (χ2n) is 4.59. The molecule has 14 heavy (non-hydrogen) atoms. The fourth-order valence-corrected chi connectivity index (χ4v) is 2.74. The van der Waals surface area contributed by atoms with Crippen LogP contribution in [-0.4, -0.2) is 50.8 Å². The number of piperidine rings is 1. The van der Waals surface area contributed by atoms with Gasteiger partial charge in [-0.05, 0) is 44.8 Å². The summed E-state index contributed by atoms with van der Waals surface area (Å²) in [6, 6.07) is 0.845. The van der Waals surface area contributed by atoms with Crippen LogP contribution in [0.1, 0.15) is 19.3 Å². The molecule has 0 bridgehead atoms. The highest BCUT2D eigenvalue weighted by molar-refractivity contribution is 4.84. The molecular weight excluding hydrogens is 176 g/mol. The van der Waals surface area contributed by atoms with Gasteiger partial charge in [0.2, 0.25) is 0 Å². The normalized spacial score (nSPS) is 31.1. The first kappa shape index (κ1) is 10.4. The Morgan fingerprint density at radius 2 is 2.07 bits per heavy atom. The van der Waals surface area contributed by atoms with Gasteiger partial charge in [-0.25, -0.2) is 0 Å². The molecule has 2 aliphatic heterocycles. The van der Waals surface area contributed by atoms with E-state index in [2.05, 4.69) is 10.2 Å². The van der Waals surface area contributed by atoms with Crippen LogP contribution >= 0.6 is 0 Å². The first-order chi connectivity index (χ1) is 6.90. The molecule has 1 N–H and O–H groups in total. The van der Waals surface area contributed by atoms with E-state index in [0.29, 0.717) is 0 Å². The van der Waals surface area contributed by atoms with Gasteiger partial charge in [0.1, 0.15) is 0 Å². The first-order valence-corrected chi connectivity index (χ1v) is 5.84. The van der Waals surface area contributed by atoms with Crippen molar-refractivity contribution in [2.45, 2.75) is 25.3 Å². The summed E-state index contributed by atoms with van der Waals surface area (Å²) in [5.41, 5.74) is 0. The van der Waals surface area contributed by atoms with Gasteiger partial charge in [0, 0.05) is 19.7 Å². The monoisotopic (exact) mass is 198 g/mol. The molecule has 0 aromatic carbocycles. The predicted molar refractivity (Wildman–Crippen MR) is 57.4 cm³/mol. The van der Waals surface area contributed by atoms with E-state index in [0.717, 1.165) is 18.6 Å². The minimum absolute atomic E-state index is 0.787. The van der Waals surface area contributed by atoms with Crippen molar-refractivity contribution in [1.82, 2.24) is 10.2 Å². The van der Waals surface area contributed by atoms with Crippen molar-refractivity contribution < 1.29 is 4.74 Å². The summed E-state index contributed by atoms with van der Waals surface area (Å²) in [5.74, 6) is 0.787. The average Bonchev–Trinajstić information content (AvgIpc) is 2.68. The second kappa shape index (κ2) is 5.10. The highest BCUT2D eigenvalue weighted by Gasteiger charge is 2.28. The Bertz CT molecular complexity index is 169. The van der Waals surface area contributed by atoms with Crippen LogP contribution in [0.4, 0.5) is 0 Å². The maximum absolute atomic E-state index is 5.22. The Kier molecular flexibility index (Phi) is 3.79. The van der Waals surface area contributed by atoms with Gasteiger partial charge in [-0.1, -0.05) is 0 Å². The number of hydrogen-bond acceptors (Lipinski definition) is 3. The van der Waals surface area contributed by atoms with Gasteiger partial charge in [-0.15, -0.1) is 0 Å². The molecule has 1 atom stereocenters. The standard InChI is InChI=1S/C11H22N2O/c1-14-9-10-4-7-13(8-10)11-2-5-12-6-3-11/h10-12H,2-9H2,1H3. The van der Waals surface area contributed by atoms with Gasteiger partial charge < -0.3 is 10.1 Å². The zero-order valence-corrected chi connectivity index (χ0v) is 9.17. The fourth-order valence-electron chi connectivity index (χ4n) is 2.74. The van der Waals surface area contributed by atoms with Crippen LogP contribution in [0, 0.1) is 5.92 Å². The van der Waals surface area contributed by atoms with E-state index in [-0.39, 0.29) is 0 Å². The SMILES string of the molecule is COCC1CCN(C2CCNCC2)C1. The van der Waals surface area contributed by atoms with Gasteiger partial charge in [0.15, 0.2) is 0 Å². The van der Waals surface area contributed by atoms with Crippen LogP contribution in [0.3, 0.4) is 0 Å². The van der Waals surface area contributed by atoms with Gasteiger partial charge in [-0.2, -0.15) is 0 Å². The van der Waals surface area contributed by atoms with Crippen molar-refractivity contribution in [2.75, 3.05) is 39.9 Å². The third-order valence-corrected chi connectivity index (χ3v) is 3.54. The van der Waals surface area contributed by atoms with Gasteiger partial charge in [0.05, 0.1) is 6.61 Å². The number of likely N-dealkylation sites (tertiary alicyclic amines) is 1. The molecule has 82 valence electrons. The number of hydrogen-bond donors (Lipinski definition) is 1. The molecule has 1 unspecified atom stereocenters. The van der Waals surface area contributed by atoms with Crippen molar-refractivity contribution in [3.05, 3.63) is 0 Å². The number of methoxy groups -OCH3 is 1. The molecule has 0 aromatic heterocycles. The van der Waals surface area contributed by atoms with Crippen LogP contribution in [0.2, 0.25) is 0 Å². The zero-order chi connectivity index (χ0) is 9.80. The molecule has 0 saturated carbocycles. The molecule has 2 heterocycles. The van der Waals surface area contributed by atoms with E-state index >= 15 is 0 Å². The van der Waals surface area contributed by atoms with Crippen molar-refractivity contribution >= 4 is 0 Å². The summed E-state index contributed by atoms with van der Waals surface area (Å²) >= 11 is 0. The Morgan fingerprint density at radius 3 is 2.79 bits per heavy atom. The summed E-state index contributed by atoms with van der Waals surface area (Å²) in [6.07, 6.45) is 4.00. The molecule has 3 nitrogen and oxygen atoms in total. The lowest BCUT2D eigenvalue weighted by molar-refractivity contribution is 0.140. The van der Waals surface area contributed by atoms with Crippen LogP contribution in [-0.2, 0) is 4.74 Å². The molecule has 0 amide bonds. The highest BCUT2D eigenvalue weighted by Crippen LogP contribution is 2.22. The van der Waals surface area contributed by atoms with E-state index in [1.807, 2.05) is 7.11 Å². The first-order valence-electron chi connectivity index (χ1n) is 5.84. The summed E-state index contributed by atoms with van der Waals surface area (Å²) in [6.45, 7) is 5.91. The molecule has 2 rings (SSSR count). The maximum Gasteiger partial charge on any atom is 0.0503 e. The smallest absolute Gasteiger partial charge is 0.0503 e. The van der Waals surface area contributed by atoms with Gasteiger partial charge >= 0.3 is 0 Å². The lowest BCUT2D eigenvalue weighted by atomic mass is 10.1. The molecule has 0 aromatic rings. The molecule has 2 fully saturated rings. The zero-order valence-electron chi connectivity index (χ0n) is 9.17. The molecule has 2 saturated heterocycles. The van der Waals surface area contributed by atoms with Crippen molar-refractivity contribution in [3.8, 4) is 0 Å². The number of rotatable bonds is 3. The Labute approximate surface area is 86.8 Å². The minimum Gasteiger partial charge on any atom is -0.384 e. The number of ether oxygens (including phenoxy) is 1. The topological polar surface area (TPSA) is 24.5 Å². The van der Waals surface area contributed by atoms with Crippen LogP contribution < -0.4 is 5.32 Å². The highest BCUT2D eigenvalue weighted by atomic mass is 16.5.